The molecule has 1 heterocycles. The van der Waals surface area contributed by atoms with E-state index < -0.39 is 5.41 Å². The normalized spacial score (nSPS) is 13.8. The lowest BCUT2D eigenvalue weighted by Gasteiger charge is -2.28. The molecule has 6 nitrogen and oxygen atoms in total. The van der Waals surface area contributed by atoms with Crippen LogP contribution in [0.3, 0.4) is 0 Å². The van der Waals surface area contributed by atoms with Crippen molar-refractivity contribution in [1.82, 2.24) is 10.2 Å². The third-order valence-corrected chi connectivity index (χ3v) is 6.64. The number of para-hydroxylation sites is 1. The van der Waals surface area contributed by atoms with Gasteiger partial charge in [-0.3, -0.25) is 9.59 Å². The van der Waals surface area contributed by atoms with Gasteiger partial charge in [0.05, 0.1) is 17.9 Å². The Kier molecular flexibility index (Phi) is 9.26. The van der Waals surface area contributed by atoms with Gasteiger partial charge in [0, 0.05) is 18.5 Å². The van der Waals surface area contributed by atoms with Crippen LogP contribution in [0, 0.1) is 19.3 Å². The first-order chi connectivity index (χ1) is 16.7. The van der Waals surface area contributed by atoms with Gasteiger partial charge in [0.15, 0.2) is 5.11 Å². The van der Waals surface area contributed by atoms with Gasteiger partial charge >= 0.3 is 0 Å². The fraction of sp³-hybridized carbons (Fsp3) is 0.464. The van der Waals surface area contributed by atoms with Gasteiger partial charge in [0.2, 0.25) is 5.91 Å². The molecule has 7 heteroatoms. The standard InChI is InChI=1S/C28H37N3O3S/c1-20-13-14-21(2)24(19-20)34-18-10-15-28(3,4)26(33)30-27(35)29-23-12-7-6-11-22(23)25(32)31-16-8-5-9-17-31/h6-7,11-14,19H,5,8-10,15-18H2,1-4H3,(H2,29,30,33,35). The second kappa shape index (κ2) is 12.2. The van der Waals surface area contributed by atoms with Crippen LogP contribution in [0.2, 0.25) is 0 Å². The molecule has 1 saturated heterocycles. The summed E-state index contributed by atoms with van der Waals surface area (Å²) in [4.78, 5) is 27.8. The maximum atomic E-state index is 13.0. The van der Waals surface area contributed by atoms with Gasteiger partial charge in [-0.2, -0.15) is 0 Å². The van der Waals surface area contributed by atoms with Crippen molar-refractivity contribution < 1.29 is 14.3 Å². The lowest BCUT2D eigenvalue weighted by atomic mass is 9.87. The number of hydrogen-bond donors (Lipinski definition) is 2. The van der Waals surface area contributed by atoms with Crippen molar-refractivity contribution >= 4 is 34.8 Å². The fourth-order valence-electron chi connectivity index (χ4n) is 4.14. The highest BCUT2D eigenvalue weighted by molar-refractivity contribution is 7.80. The molecule has 1 aliphatic heterocycles. The van der Waals surface area contributed by atoms with Crippen LogP contribution >= 0.6 is 12.2 Å². The average Bonchev–Trinajstić information content (AvgIpc) is 2.84. The van der Waals surface area contributed by atoms with Crippen molar-refractivity contribution in [2.24, 2.45) is 5.41 Å². The van der Waals surface area contributed by atoms with E-state index in [9.17, 15) is 9.59 Å². The Hall–Kier alpha value is -2.93. The van der Waals surface area contributed by atoms with Gasteiger partial charge < -0.3 is 20.3 Å². The molecule has 0 aromatic heterocycles. The molecule has 2 aromatic carbocycles. The number of carbonyl (C=O) groups is 2. The number of thiocarbonyl (C=S) groups is 1. The summed E-state index contributed by atoms with van der Waals surface area (Å²) in [7, 11) is 0. The Bertz CT molecular complexity index is 1060. The van der Waals surface area contributed by atoms with Gasteiger partial charge in [-0.05, 0) is 87.5 Å². The fourth-order valence-corrected chi connectivity index (χ4v) is 4.35. The molecule has 2 amide bonds. The van der Waals surface area contributed by atoms with Gasteiger partial charge in [-0.25, -0.2) is 0 Å². The van der Waals surface area contributed by atoms with E-state index in [1.54, 1.807) is 6.07 Å². The van der Waals surface area contributed by atoms with Crippen LogP contribution in [0.1, 0.15) is 67.4 Å². The molecular formula is C28H37N3O3S. The van der Waals surface area contributed by atoms with Crippen LogP contribution < -0.4 is 15.4 Å². The molecule has 0 spiro atoms. The summed E-state index contributed by atoms with van der Waals surface area (Å²) >= 11 is 5.42. The van der Waals surface area contributed by atoms with Gasteiger partial charge in [0.1, 0.15) is 5.75 Å². The number of ether oxygens (including phenoxy) is 1. The summed E-state index contributed by atoms with van der Waals surface area (Å²) in [6, 6.07) is 13.4. The minimum Gasteiger partial charge on any atom is -0.493 e. The summed E-state index contributed by atoms with van der Waals surface area (Å²) in [5.41, 5.74) is 2.80. The van der Waals surface area contributed by atoms with Crippen molar-refractivity contribution in [2.75, 3.05) is 25.0 Å². The zero-order valence-corrected chi connectivity index (χ0v) is 22.1. The van der Waals surface area contributed by atoms with E-state index in [-0.39, 0.29) is 16.9 Å². The number of hydrogen-bond acceptors (Lipinski definition) is 4. The first-order valence-electron chi connectivity index (χ1n) is 12.4. The number of nitrogens with zero attached hydrogens (tertiary/aromatic N) is 1. The zero-order valence-electron chi connectivity index (χ0n) is 21.3. The first kappa shape index (κ1) is 26.7. The third-order valence-electron chi connectivity index (χ3n) is 6.44. The van der Waals surface area contributed by atoms with E-state index in [4.69, 9.17) is 17.0 Å². The predicted octanol–water partition coefficient (Wildman–Crippen LogP) is 5.63. The Labute approximate surface area is 214 Å². The van der Waals surface area contributed by atoms with Crippen LogP contribution in [0.5, 0.6) is 5.75 Å². The second-order valence-electron chi connectivity index (χ2n) is 9.91. The molecule has 188 valence electrons. The van der Waals surface area contributed by atoms with Crippen molar-refractivity contribution in [2.45, 2.75) is 59.8 Å². The maximum absolute atomic E-state index is 13.0. The Morgan fingerprint density at radius 3 is 2.51 bits per heavy atom. The highest BCUT2D eigenvalue weighted by atomic mass is 32.1. The van der Waals surface area contributed by atoms with Crippen molar-refractivity contribution in [3.63, 3.8) is 0 Å². The molecule has 1 fully saturated rings. The molecule has 0 aliphatic carbocycles. The molecular weight excluding hydrogens is 458 g/mol. The van der Waals surface area contributed by atoms with E-state index in [1.807, 2.05) is 62.9 Å². The molecule has 2 N–H and O–H groups in total. The summed E-state index contributed by atoms with van der Waals surface area (Å²) in [6.45, 7) is 9.95. The van der Waals surface area contributed by atoms with E-state index >= 15 is 0 Å². The quantitative estimate of drug-likeness (QED) is 0.367. The second-order valence-corrected chi connectivity index (χ2v) is 10.3. The zero-order chi connectivity index (χ0) is 25.4. The average molecular weight is 496 g/mol. The monoisotopic (exact) mass is 495 g/mol. The summed E-state index contributed by atoms with van der Waals surface area (Å²) in [5.74, 6) is 0.711. The Morgan fingerprint density at radius 1 is 1.06 bits per heavy atom. The lowest BCUT2D eigenvalue weighted by Crippen LogP contribution is -2.43. The molecule has 0 unspecified atom stereocenters. The number of aryl methyl sites for hydroxylation is 2. The Morgan fingerprint density at radius 2 is 1.77 bits per heavy atom. The van der Waals surface area contributed by atoms with Crippen LogP contribution in [0.15, 0.2) is 42.5 Å². The van der Waals surface area contributed by atoms with Crippen molar-refractivity contribution in [1.29, 1.82) is 0 Å². The van der Waals surface area contributed by atoms with E-state index in [0.29, 0.717) is 24.3 Å². The first-order valence-corrected chi connectivity index (χ1v) is 12.8. The largest absolute Gasteiger partial charge is 0.493 e. The van der Waals surface area contributed by atoms with Gasteiger partial charge in [-0.15, -0.1) is 0 Å². The molecule has 3 rings (SSSR count). The van der Waals surface area contributed by atoms with Gasteiger partial charge in [0.25, 0.3) is 5.91 Å². The molecule has 0 saturated carbocycles. The number of amides is 2. The van der Waals surface area contributed by atoms with E-state index in [0.717, 1.165) is 55.6 Å². The van der Waals surface area contributed by atoms with Crippen LogP contribution in [-0.4, -0.2) is 41.5 Å². The summed E-state index contributed by atoms with van der Waals surface area (Å²) in [5, 5.41) is 6.05. The molecule has 1 aliphatic rings. The Balaban J connectivity index is 1.51. The lowest BCUT2D eigenvalue weighted by molar-refractivity contribution is -0.128. The number of nitrogens with one attached hydrogen (secondary N) is 2. The number of benzene rings is 2. The minimum atomic E-state index is -0.625. The smallest absolute Gasteiger partial charge is 0.255 e. The highest BCUT2D eigenvalue weighted by Crippen LogP contribution is 2.25. The van der Waals surface area contributed by atoms with E-state index in [1.165, 1.54) is 0 Å². The summed E-state index contributed by atoms with van der Waals surface area (Å²) in [6.07, 6.45) is 4.60. The number of anilines is 1. The number of rotatable bonds is 8. The SMILES string of the molecule is Cc1ccc(C)c(OCCCC(C)(C)C(=O)NC(=S)Nc2ccccc2C(=O)N2CCCCC2)c1. The molecule has 0 radical (unpaired) electrons. The van der Waals surface area contributed by atoms with Crippen molar-refractivity contribution in [3.8, 4) is 5.75 Å². The number of likely N-dealkylation sites (tertiary alicyclic amines) is 1. The van der Waals surface area contributed by atoms with Crippen LogP contribution in [0.4, 0.5) is 5.69 Å². The molecule has 0 atom stereocenters. The minimum absolute atomic E-state index is 0.00824. The predicted molar refractivity (Wildman–Crippen MR) is 145 cm³/mol. The maximum Gasteiger partial charge on any atom is 0.255 e. The van der Waals surface area contributed by atoms with Crippen molar-refractivity contribution in [3.05, 3.63) is 59.2 Å². The number of piperidine rings is 1. The van der Waals surface area contributed by atoms with Crippen LogP contribution in [-0.2, 0) is 4.79 Å². The third kappa shape index (κ3) is 7.52. The van der Waals surface area contributed by atoms with Crippen LogP contribution in [0.25, 0.3) is 0 Å². The van der Waals surface area contributed by atoms with Gasteiger partial charge in [-0.1, -0.05) is 38.1 Å². The topological polar surface area (TPSA) is 70.7 Å². The summed E-state index contributed by atoms with van der Waals surface area (Å²) < 4.78 is 5.93. The molecule has 0 bridgehead atoms. The number of carbonyl (C=O) groups excluding carboxylic acids is 2. The molecule has 35 heavy (non-hydrogen) atoms. The van der Waals surface area contributed by atoms with E-state index in [2.05, 4.69) is 16.7 Å². The highest BCUT2D eigenvalue weighted by Gasteiger charge is 2.28. The molecule has 2 aromatic rings.